The van der Waals surface area contributed by atoms with Crippen LogP contribution in [-0.4, -0.2) is 13.0 Å². The average Bonchev–Trinajstić information content (AvgIpc) is 2.78. The van der Waals surface area contributed by atoms with Crippen molar-refractivity contribution in [2.45, 2.75) is 0 Å². The van der Waals surface area contributed by atoms with Crippen LogP contribution in [0.4, 0.5) is 10.1 Å². The number of carbonyl (C=O) groups is 1. The molecule has 6 heteroatoms. The van der Waals surface area contributed by atoms with E-state index in [0.717, 1.165) is 0 Å². The molecule has 0 spiro atoms. The summed E-state index contributed by atoms with van der Waals surface area (Å²) in [5, 5.41) is 4.29. The number of ether oxygens (including phenoxy) is 1. The van der Waals surface area contributed by atoms with Crippen molar-refractivity contribution in [2.24, 2.45) is 0 Å². The molecule has 0 unspecified atom stereocenters. The third kappa shape index (κ3) is 2.70. The van der Waals surface area contributed by atoms with Crippen molar-refractivity contribution in [3.63, 3.8) is 0 Å². The second-order valence-corrected chi connectivity index (χ2v) is 5.17. The summed E-state index contributed by atoms with van der Waals surface area (Å²) in [4.78, 5) is 12.4. The second kappa shape index (κ2) is 5.49. The van der Waals surface area contributed by atoms with Crippen molar-refractivity contribution in [3.05, 3.63) is 44.8 Å². The molecular formula is C12H9BrFNO2S. The number of halogens is 2. The minimum absolute atomic E-state index is 0.0969. The predicted molar refractivity (Wildman–Crippen MR) is 72.9 cm³/mol. The minimum Gasteiger partial charge on any atom is -0.497 e. The highest BCUT2D eigenvalue weighted by Crippen LogP contribution is 2.26. The van der Waals surface area contributed by atoms with Crippen molar-refractivity contribution >= 4 is 38.9 Å². The average molecular weight is 330 g/mol. The number of hydrogen-bond acceptors (Lipinski definition) is 3. The van der Waals surface area contributed by atoms with Gasteiger partial charge in [0, 0.05) is 10.5 Å². The van der Waals surface area contributed by atoms with Crippen LogP contribution in [0.3, 0.4) is 0 Å². The van der Waals surface area contributed by atoms with Gasteiger partial charge >= 0.3 is 0 Å². The van der Waals surface area contributed by atoms with Gasteiger partial charge in [-0.15, -0.1) is 11.3 Å². The summed E-state index contributed by atoms with van der Waals surface area (Å²) in [6.07, 6.45) is 0. The third-order valence-corrected chi connectivity index (χ3v) is 4.08. The van der Waals surface area contributed by atoms with Crippen molar-refractivity contribution in [2.75, 3.05) is 12.4 Å². The van der Waals surface area contributed by atoms with Crippen molar-refractivity contribution in [1.82, 2.24) is 0 Å². The summed E-state index contributed by atoms with van der Waals surface area (Å²) in [7, 11) is 1.48. The van der Waals surface area contributed by atoms with Gasteiger partial charge in [-0.3, -0.25) is 4.79 Å². The Kier molecular flexibility index (Phi) is 3.98. The molecule has 1 aromatic heterocycles. The van der Waals surface area contributed by atoms with E-state index in [1.54, 1.807) is 11.4 Å². The Morgan fingerprint density at radius 2 is 2.22 bits per heavy atom. The van der Waals surface area contributed by atoms with E-state index in [-0.39, 0.29) is 11.6 Å². The van der Waals surface area contributed by atoms with Gasteiger partial charge in [0.2, 0.25) is 0 Å². The first-order valence-corrected chi connectivity index (χ1v) is 6.67. The zero-order chi connectivity index (χ0) is 13.1. The molecular weight excluding hydrogens is 321 g/mol. The lowest BCUT2D eigenvalue weighted by atomic mass is 10.2. The van der Waals surface area contributed by atoms with E-state index < -0.39 is 5.82 Å². The monoisotopic (exact) mass is 329 g/mol. The van der Waals surface area contributed by atoms with Crippen LogP contribution in [0, 0.1) is 5.82 Å². The standard InChI is InChI=1S/C12H9BrFNO2S/c1-17-7-2-3-9(14)10(6-7)15-12(16)11-8(13)4-5-18-11/h2-6H,1H3,(H,15,16). The van der Waals surface area contributed by atoms with Crippen LogP contribution >= 0.6 is 27.3 Å². The summed E-state index contributed by atoms with van der Waals surface area (Å²) < 4.78 is 19.2. The maximum absolute atomic E-state index is 13.5. The molecule has 1 amide bonds. The molecule has 18 heavy (non-hydrogen) atoms. The molecule has 0 fully saturated rings. The Hall–Kier alpha value is -1.40. The van der Waals surface area contributed by atoms with Crippen molar-refractivity contribution in [3.8, 4) is 5.75 Å². The van der Waals surface area contributed by atoms with Crippen molar-refractivity contribution < 1.29 is 13.9 Å². The highest BCUT2D eigenvalue weighted by molar-refractivity contribution is 9.10. The Bertz CT molecular complexity index is 585. The molecule has 1 aromatic carbocycles. The van der Waals surface area contributed by atoms with Gasteiger partial charge in [0.15, 0.2) is 0 Å². The van der Waals surface area contributed by atoms with Crippen LogP contribution in [0.5, 0.6) is 5.75 Å². The van der Waals surface area contributed by atoms with Crippen LogP contribution in [0.15, 0.2) is 34.1 Å². The summed E-state index contributed by atoms with van der Waals surface area (Å²) in [5.41, 5.74) is 0.0969. The second-order valence-electron chi connectivity index (χ2n) is 3.40. The van der Waals surface area contributed by atoms with E-state index >= 15 is 0 Å². The van der Waals surface area contributed by atoms with Gasteiger partial charge in [-0.25, -0.2) is 4.39 Å². The minimum atomic E-state index is -0.503. The lowest BCUT2D eigenvalue weighted by Crippen LogP contribution is -2.12. The molecule has 0 bridgehead atoms. The predicted octanol–water partition coefficient (Wildman–Crippen LogP) is 3.91. The maximum atomic E-state index is 13.5. The van der Waals surface area contributed by atoms with Crippen LogP contribution < -0.4 is 10.1 Å². The van der Waals surface area contributed by atoms with Gasteiger partial charge in [0.1, 0.15) is 16.4 Å². The van der Waals surface area contributed by atoms with Gasteiger partial charge in [-0.2, -0.15) is 0 Å². The molecule has 0 aliphatic carbocycles. The lowest BCUT2D eigenvalue weighted by Gasteiger charge is -2.07. The molecule has 0 saturated carbocycles. The Morgan fingerprint density at radius 3 is 2.83 bits per heavy atom. The first-order chi connectivity index (χ1) is 8.61. The molecule has 3 nitrogen and oxygen atoms in total. The molecule has 0 aliphatic rings. The SMILES string of the molecule is COc1ccc(F)c(NC(=O)c2sccc2Br)c1. The fourth-order valence-corrected chi connectivity index (χ4v) is 2.81. The number of anilines is 1. The molecule has 2 aromatic rings. The van der Waals surface area contributed by atoms with Gasteiger partial charge in [-0.05, 0) is 39.5 Å². The number of amides is 1. The van der Waals surface area contributed by atoms with Crippen LogP contribution in [0.2, 0.25) is 0 Å². The first-order valence-electron chi connectivity index (χ1n) is 4.99. The normalized spacial score (nSPS) is 10.2. The Morgan fingerprint density at radius 1 is 1.44 bits per heavy atom. The van der Waals surface area contributed by atoms with Crippen molar-refractivity contribution in [1.29, 1.82) is 0 Å². The molecule has 2 rings (SSSR count). The van der Waals surface area contributed by atoms with Gasteiger partial charge in [0.25, 0.3) is 5.91 Å². The summed E-state index contributed by atoms with van der Waals surface area (Å²) in [5.74, 6) is -0.377. The molecule has 0 aliphatic heterocycles. The van der Waals surface area contributed by atoms with E-state index in [9.17, 15) is 9.18 Å². The lowest BCUT2D eigenvalue weighted by molar-refractivity contribution is 0.102. The topological polar surface area (TPSA) is 38.3 Å². The Balaban J connectivity index is 2.24. The number of thiophene rings is 1. The number of methoxy groups -OCH3 is 1. The smallest absolute Gasteiger partial charge is 0.266 e. The summed E-state index contributed by atoms with van der Waals surface area (Å²) in [6.45, 7) is 0. The van der Waals surface area contributed by atoms with E-state index in [2.05, 4.69) is 21.2 Å². The number of carbonyl (C=O) groups excluding carboxylic acids is 1. The van der Waals surface area contributed by atoms with E-state index in [4.69, 9.17) is 4.74 Å². The maximum Gasteiger partial charge on any atom is 0.266 e. The fraction of sp³-hybridized carbons (Fsp3) is 0.0833. The summed E-state index contributed by atoms with van der Waals surface area (Å²) in [6, 6.07) is 5.94. The van der Waals surface area contributed by atoms with E-state index in [1.807, 2.05) is 0 Å². The van der Waals surface area contributed by atoms with Gasteiger partial charge < -0.3 is 10.1 Å². The molecule has 1 heterocycles. The summed E-state index contributed by atoms with van der Waals surface area (Å²) >= 11 is 4.54. The quantitative estimate of drug-likeness (QED) is 0.927. The molecule has 0 saturated heterocycles. The largest absolute Gasteiger partial charge is 0.497 e. The van der Waals surface area contributed by atoms with Gasteiger partial charge in [0.05, 0.1) is 12.8 Å². The zero-order valence-electron chi connectivity index (χ0n) is 9.37. The molecule has 1 N–H and O–H groups in total. The number of hydrogen-bond donors (Lipinski definition) is 1. The highest BCUT2D eigenvalue weighted by atomic mass is 79.9. The molecule has 94 valence electrons. The Labute approximate surface area is 116 Å². The third-order valence-electron chi connectivity index (χ3n) is 2.25. The number of rotatable bonds is 3. The highest BCUT2D eigenvalue weighted by Gasteiger charge is 2.14. The van der Waals surface area contributed by atoms with Crippen LogP contribution in [0.1, 0.15) is 9.67 Å². The number of nitrogens with one attached hydrogen (secondary N) is 1. The molecule has 0 atom stereocenters. The van der Waals surface area contributed by atoms with Crippen LogP contribution in [0.25, 0.3) is 0 Å². The first kappa shape index (κ1) is 13.0. The van der Waals surface area contributed by atoms with E-state index in [0.29, 0.717) is 15.1 Å². The van der Waals surface area contributed by atoms with E-state index in [1.165, 1.54) is 36.6 Å². The van der Waals surface area contributed by atoms with Gasteiger partial charge in [-0.1, -0.05) is 0 Å². The number of benzene rings is 1. The fourth-order valence-electron chi connectivity index (χ4n) is 1.36. The zero-order valence-corrected chi connectivity index (χ0v) is 11.8. The molecule has 0 radical (unpaired) electrons. The van der Waals surface area contributed by atoms with Crippen LogP contribution in [-0.2, 0) is 0 Å².